The molecule has 9 nitrogen and oxygen atoms in total. The first-order chi connectivity index (χ1) is 18.5. The average molecular weight is 568 g/mol. The van der Waals surface area contributed by atoms with Gasteiger partial charge in [0.1, 0.15) is 23.8 Å². The molecule has 0 bridgehead atoms. The molecule has 0 saturated carbocycles. The van der Waals surface area contributed by atoms with Gasteiger partial charge < -0.3 is 18.6 Å². The molecule has 0 radical (unpaired) electrons. The first kappa shape index (κ1) is 27.0. The molecule has 1 atom stereocenters. The lowest BCUT2D eigenvalue weighted by Gasteiger charge is -2.33. The van der Waals surface area contributed by atoms with Crippen LogP contribution in [0.25, 0.3) is 11.0 Å². The number of esters is 1. The minimum Gasteiger partial charge on any atom is -0.478 e. The van der Waals surface area contributed by atoms with Crippen molar-refractivity contribution in [2.75, 3.05) is 24.8 Å². The number of sulfone groups is 1. The Morgan fingerprint density at radius 1 is 1.15 bits per heavy atom. The predicted molar refractivity (Wildman–Crippen MR) is 133 cm³/mol. The molecule has 1 unspecified atom stereocenters. The number of hydrogen-bond acceptors (Lipinski definition) is 9. The molecule has 2 aliphatic rings. The maximum Gasteiger partial charge on any atom is 0.453 e. The normalized spacial score (nSPS) is 18.9. The Hall–Kier alpha value is -3.58. The Morgan fingerprint density at radius 2 is 1.90 bits per heavy atom. The molecule has 1 saturated heterocycles. The molecule has 3 heterocycles. The van der Waals surface area contributed by atoms with Crippen molar-refractivity contribution in [2.24, 2.45) is 0 Å². The minimum absolute atomic E-state index is 0.0193. The predicted octanol–water partition coefficient (Wildman–Crippen LogP) is 4.51. The Kier molecular flexibility index (Phi) is 7.06. The van der Waals surface area contributed by atoms with Crippen LogP contribution in [0.1, 0.15) is 41.4 Å². The van der Waals surface area contributed by atoms with Crippen LogP contribution >= 0.6 is 0 Å². The van der Waals surface area contributed by atoms with Gasteiger partial charge in [-0.15, -0.1) is 0 Å². The monoisotopic (exact) mass is 567 g/mol. The number of ether oxygens (including phenoxy) is 3. The second-order valence-corrected chi connectivity index (χ2v) is 11.6. The summed E-state index contributed by atoms with van der Waals surface area (Å²) in [5, 5.41) is -0.152. The highest BCUT2D eigenvalue weighted by Gasteiger charge is 2.42. The van der Waals surface area contributed by atoms with Crippen molar-refractivity contribution in [1.29, 1.82) is 0 Å². The van der Waals surface area contributed by atoms with Crippen LogP contribution in [0.2, 0.25) is 0 Å². The van der Waals surface area contributed by atoms with Crippen molar-refractivity contribution in [1.82, 2.24) is 4.90 Å². The standard InChI is InChI=1S/C26H24F3NO8S/c1-2-10-35-25(32)15-3-5-17(6-4-15)37-23-21(31)18-7-8-20-19(22(18)38-24(23)26(27,28)29)12-30(14-36-20)16-9-11-39(33,34)13-16/h3-8,16H,2,9-14H2,1H3. The van der Waals surface area contributed by atoms with Crippen LogP contribution in [0.15, 0.2) is 45.6 Å². The zero-order valence-electron chi connectivity index (χ0n) is 20.7. The van der Waals surface area contributed by atoms with E-state index in [0.29, 0.717) is 12.8 Å². The number of benzene rings is 2. The molecule has 1 fully saturated rings. The van der Waals surface area contributed by atoms with Crippen molar-refractivity contribution < 1.29 is 45.0 Å². The number of nitrogens with zero attached hydrogens (tertiary/aromatic N) is 1. The average Bonchev–Trinajstić information content (AvgIpc) is 3.27. The summed E-state index contributed by atoms with van der Waals surface area (Å²) in [6, 6.07) is 7.53. The zero-order chi connectivity index (χ0) is 27.9. The number of carbonyl (C=O) groups excluding carboxylic acids is 1. The quantitative estimate of drug-likeness (QED) is 0.397. The topological polar surface area (TPSA) is 112 Å². The van der Waals surface area contributed by atoms with Crippen molar-refractivity contribution >= 4 is 26.8 Å². The summed E-state index contributed by atoms with van der Waals surface area (Å²) in [6.45, 7) is 2.15. The maximum atomic E-state index is 14.1. The molecular weight excluding hydrogens is 543 g/mol. The Bertz CT molecular complexity index is 1580. The van der Waals surface area contributed by atoms with Crippen molar-refractivity contribution in [3.63, 3.8) is 0 Å². The van der Waals surface area contributed by atoms with Gasteiger partial charge in [-0.25, -0.2) is 13.2 Å². The van der Waals surface area contributed by atoms with E-state index in [1.54, 1.807) is 4.90 Å². The maximum absolute atomic E-state index is 14.1. The van der Waals surface area contributed by atoms with Gasteiger partial charge in [-0.05, 0) is 49.2 Å². The second-order valence-electron chi connectivity index (χ2n) is 9.35. The SMILES string of the molecule is CCCOC(=O)c1ccc(Oc2c(C(F)(F)F)oc3c4c(ccc3c2=O)OCN(C2CCS(=O)(=O)C2)C4)cc1. The smallest absolute Gasteiger partial charge is 0.453 e. The summed E-state index contributed by atoms with van der Waals surface area (Å²) >= 11 is 0. The molecule has 0 aliphatic carbocycles. The van der Waals surface area contributed by atoms with E-state index in [4.69, 9.17) is 18.6 Å². The highest BCUT2D eigenvalue weighted by Crippen LogP contribution is 2.41. The number of fused-ring (bicyclic) bond motifs is 3. The molecule has 0 spiro atoms. The number of halogens is 3. The van der Waals surface area contributed by atoms with Crippen LogP contribution in [0.4, 0.5) is 13.2 Å². The van der Waals surface area contributed by atoms with Crippen LogP contribution in [0.5, 0.6) is 17.2 Å². The third-order valence-electron chi connectivity index (χ3n) is 6.56. The van der Waals surface area contributed by atoms with Crippen LogP contribution in [0.3, 0.4) is 0 Å². The molecular formula is C26H24F3NO8S. The Balaban J connectivity index is 1.52. The molecule has 208 valence electrons. The first-order valence-electron chi connectivity index (χ1n) is 12.2. The molecule has 0 amide bonds. The van der Waals surface area contributed by atoms with Crippen LogP contribution in [-0.2, 0) is 27.3 Å². The Labute approximate surface area is 221 Å². The van der Waals surface area contributed by atoms with E-state index in [2.05, 4.69) is 0 Å². The lowest BCUT2D eigenvalue weighted by Crippen LogP contribution is -2.41. The van der Waals surface area contributed by atoms with E-state index in [1.807, 2.05) is 6.92 Å². The van der Waals surface area contributed by atoms with E-state index in [0.717, 1.165) is 0 Å². The summed E-state index contributed by atoms with van der Waals surface area (Å²) in [6.07, 6.45) is -4.08. The highest BCUT2D eigenvalue weighted by atomic mass is 32.2. The van der Waals surface area contributed by atoms with Gasteiger partial charge in [0.2, 0.25) is 11.2 Å². The molecule has 2 aliphatic heterocycles. The van der Waals surface area contributed by atoms with Gasteiger partial charge >= 0.3 is 12.1 Å². The van der Waals surface area contributed by atoms with Gasteiger partial charge in [0.15, 0.2) is 9.84 Å². The summed E-state index contributed by atoms with van der Waals surface area (Å²) < 4.78 is 87.6. The summed E-state index contributed by atoms with van der Waals surface area (Å²) in [5.74, 6) is -3.20. The third kappa shape index (κ3) is 5.46. The second kappa shape index (κ2) is 10.2. The zero-order valence-corrected chi connectivity index (χ0v) is 21.6. The Morgan fingerprint density at radius 3 is 2.54 bits per heavy atom. The number of carbonyl (C=O) groups is 1. The van der Waals surface area contributed by atoms with Crippen molar-refractivity contribution in [3.05, 3.63) is 63.5 Å². The number of rotatable bonds is 6. The summed E-state index contributed by atoms with van der Waals surface area (Å²) in [5.41, 5.74) is -0.967. The third-order valence-corrected chi connectivity index (χ3v) is 8.31. The van der Waals surface area contributed by atoms with Gasteiger partial charge in [-0.3, -0.25) is 9.69 Å². The lowest BCUT2D eigenvalue weighted by molar-refractivity contribution is -0.154. The van der Waals surface area contributed by atoms with Gasteiger partial charge in [0.05, 0.1) is 34.6 Å². The fourth-order valence-electron chi connectivity index (χ4n) is 4.60. The van der Waals surface area contributed by atoms with E-state index in [1.165, 1.54) is 36.4 Å². The van der Waals surface area contributed by atoms with E-state index in [9.17, 15) is 31.2 Å². The first-order valence-corrected chi connectivity index (χ1v) is 14.0. The van der Waals surface area contributed by atoms with Gasteiger partial charge in [0, 0.05) is 12.6 Å². The van der Waals surface area contributed by atoms with Crippen LogP contribution in [0, 0.1) is 0 Å². The van der Waals surface area contributed by atoms with E-state index in [-0.39, 0.29) is 71.0 Å². The largest absolute Gasteiger partial charge is 0.478 e. The minimum atomic E-state index is -5.08. The summed E-state index contributed by atoms with van der Waals surface area (Å²) in [7, 11) is -3.21. The molecule has 2 aromatic carbocycles. The summed E-state index contributed by atoms with van der Waals surface area (Å²) in [4.78, 5) is 27.0. The fraction of sp³-hybridized carbons (Fsp3) is 0.385. The van der Waals surface area contributed by atoms with Crippen molar-refractivity contribution in [2.45, 2.75) is 38.5 Å². The van der Waals surface area contributed by atoms with Crippen LogP contribution in [-0.4, -0.2) is 50.2 Å². The highest BCUT2D eigenvalue weighted by molar-refractivity contribution is 7.91. The fourth-order valence-corrected chi connectivity index (χ4v) is 6.36. The number of alkyl halides is 3. The van der Waals surface area contributed by atoms with Gasteiger partial charge in [-0.1, -0.05) is 6.92 Å². The molecule has 5 rings (SSSR count). The molecule has 13 heteroatoms. The lowest BCUT2D eigenvalue weighted by atomic mass is 10.1. The van der Waals surface area contributed by atoms with Crippen LogP contribution < -0.4 is 14.9 Å². The van der Waals surface area contributed by atoms with E-state index < -0.39 is 38.9 Å². The van der Waals surface area contributed by atoms with Gasteiger partial charge in [0.25, 0.3) is 5.76 Å². The van der Waals surface area contributed by atoms with Gasteiger partial charge in [-0.2, -0.15) is 13.2 Å². The number of hydrogen-bond donors (Lipinski definition) is 0. The van der Waals surface area contributed by atoms with Crippen molar-refractivity contribution in [3.8, 4) is 17.2 Å². The molecule has 39 heavy (non-hydrogen) atoms. The molecule has 1 aromatic heterocycles. The molecule has 3 aromatic rings. The van der Waals surface area contributed by atoms with E-state index >= 15 is 0 Å². The molecule has 0 N–H and O–H groups in total.